The summed E-state index contributed by atoms with van der Waals surface area (Å²) >= 11 is 0. The van der Waals surface area contributed by atoms with E-state index >= 15 is 0 Å². The van der Waals surface area contributed by atoms with Crippen LogP contribution in [0.4, 0.5) is 0 Å². The van der Waals surface area contributed by atoms with Gasteiger partial charge in [0.05, 0.1) is 18.8 Å². The summed E-state index contributed by atoms with van der Waals surface area (Å²) < 4.78 is 10.1. The SMILES string of the molecule is O=C(OCCO)c1ccc2c(c1)CCO2. The summed E-state index contributed by atoms with van der Waals surface area (Å²) in [4.78, 5) is 11.4. The van der Waals surface area contributed by atoms with Crippen molar-refractivity contribution in [2.75, 3.05) is 19.8 Å². The number of hydrogen-bond donors (Lipinski definition) is 1. The third kappa shape index (κ3) is 2.10. The van der Waals surface area contributed by atoms with E-state index in [0.29, 0.717) is 12.2 Å². The lowest BCUT2D eigenvalue weighted by Crippen LogP contribution is -2.08. The van der Waals surface area contributed by atoms with E-state index in [9.17, 15) is 4.79 Å². The van der Waals surface area contributed by atoms with Crippen molar-refractivity contribution in [2.45, 2.75) is 6.42 Å². The van der Waals surface area contributed by atoms with E-state index in [-0.39, 0.29) is 13.2 Å². The van der Waals surface area contributed by atoms with E-state index in [1.807, 2.05) is 0 Å². The maximum Gasteiger partial charge on any atom is 0.338 e. The lowest BCUT2D eigenvalue weighted by molar-refractivity contribution is 0.0433. The number of hydrogen-bond acceptors (Lipinski definition) is 4. The minimum atomic E-state index is -0.404. The zero-order valence-corrected chi connectivity index (χ0v) is 8.23. The van der Waals surface area contributed by atoms with Crippen molar-refractivity contribution >= 4 is 5.97 Å². The Morgan fingerprint density at radius 1 is 1.53 bits per heavy atom. The Kier molecular flexibility index (Phi) is 2.87. The van der Waals surface area contributed by atoms with E-state index in [2.05, 4.69) is 0 Å². The van der Waals surface area contributed by atoms with Gasteiger partial charge in [-0.25, -0.2) is 4.79 Å². The number of ether oxygens (including phenoxy) is 2. The van der Waals surface area contributed by atoms with Crippen LogP contribution < -0.4 is 4.74 Å². The maximum atomic E-state index is 11.4. The Balaban J connectivity index is 2.12. The molecule has 0 bridgehead atoms. The molecule has 1 heterocycles. The van der Waals surface area contributed by atoms with Gasteiger partial charge in [-0.3, -0.25) is 0 Å². The second-order valence-electron chi connectivity index (χ2n) is 3.28. The molecule has 80 valence electrons. The molecule has 0 unspecified atom stereocenters. The average molecular weight is 208 g/mol. The number of aliphatic hydroxyl groups is 1. The predicted octanol–water partition coefficient (Wildman–Crippen LogP) is 0.771. The van der Waals surface area contributed by atoms with Crippen LogP contribution in [0.5, 0.6) is 5.75 Å². The van der Waals surface area contributed by atoms with E-state index in [4.69, 9.17) is 14.6 Å². The molecule has 0 radical (unpaired) electrons. The van der Waals surface area contributed by atoms with Gasteiger partial charge in [-0.05, 0) is 23.8 Å². The van der Waals surface area contributed by atoms with Crippen LogP contribution in [0.25, 0.3) is 0 Å². The van der Waals surface area contributed by atoms with Crippen LogP contribution in [0.15, 0.2) is 18.2 Å². The molecule has 4 heteroatoms. The second-order valence-corrected chi connectivity index (χ2v) is 3.28. The standard InChI is InChI=1S/C11H12O4/c12-4-6-15-11(13)9-1-2-10-8(7-9)3-5-14-10/h1-2,7,12H,3-6H2. The van der Waals surface area contributed by atoms with Gasteiger partial charge in [-0.15, -0.1) is 0 Å². The zero-order chi connectivity index (χ0) is 10.7. The molecule has 0 spiro atoms. The van der Waals surface area contributed by atoms with Gasteiger partial charge >= 0.3 is 5.97 Å². The van der Waals surface area contributed by atoms with E-state index < -0.39 is 5.97 Å². The molecule has 1 aromatic carbocycles. The van der Waals surface area contributed by atoms with Gasteiger partial charge in [-0.2, -0.15) is 0 Å². The summed E-state index contributed by atoms with van der Waals surface area (Å²) in [5, 5.41) is 8.52. The molecule has 1 aromatic rings. The first-order chi connectivity index (χ1) is 7.31. The molecule has 1 aliphatic rings. The second kappa shape index (κ2) is 4.31. The maximum absolute atomic E-state index is 11.4. The quantitative estimate of drug-likeness (QED) is 0.745. The molecule has 4 nitrogen and oxygen atoms in total. The van der Waals surface area contributed by atoms with Crippen LogP contribution >= 0.6 is 0 Å². The fraction of sp³-hybridized carbons (Fsp3) is 0.364. The van der Waals surface area contributed by atoms with Gasteiger partial charge in [0.2, 0.25) is 0 Å². The molecule has 0 saturated carbocycles. The molecular formula is C11H12O4. The molecule has 15 heavy (non-hydrogen) atoms. The van der Waals surface area contributed by atoms with Crippen LogP contribution in [-0.2, 0) is 11.2 Å². The van der Waals surface area contributed by atoms with Gasteiger partial charge in [0.1, 0.15) is 12.4 Å². The molecule has 0 fully saturated rings. The van der Waals surface area contributed by atoms with Crippen molar-refractivity contribution in [3.63, 3.8) is 0 Å². The van der Waals surface area contributed by atoms with Gasteiger partial charge in [0, 0.05) is 6.42 Å². The number of aliphatic hydroxyl groups excluding tert-OH is 1. The minimum absolute atomic E-state index is 0.0341. The summed E-state index contributed by atoms with van der Waals surface area (Å²) in [6.07, 6.45) is 0.830. The molecule has 0 saturated heterocycles. The Bertz CT molecular complexity index is 373. The third-order valence-electron chi connectivity index (χ3n) is 2.25. The van der Waals surface area contributed by atoms with E-state index in [1.54, 1.807) is 18.2 Å². The lowest BCUT2D eigenvalue weighted by atomic mass is 10.1. The molecule has 0 atom stereocenters. The van der Waals surface area contributed by atoms with Crippen LogP contribution in [0.2, 0.25) is 0 Å². The number of rotatable bonds is 3. The first kappa shape index (κ1) is 9.98. The average Bonchev–Trinajstić information content (AvgIpc) is 2.72. The van der Waals surface area contributed by atoms with Crippen molar-refractivity contribution in [3.05, 3.63) is 29.3 Å². The molecule has 0 aromatic heterocycles. The highest BCUT2D eigenvalue weighted by Crippen LogP contribution is 2.25. The van der Waals surface area contributed by atoms with Gasteiger partial charge in [-0.1, -0.05) is 0 Å². The zero-order valence-electron chi connectivity index (χ0n) is 8.23. The van der Waals surface area contributed by atoms with Crippen molar-refractivity contribution in [3.8, 4) is 5.75 Å². The molecule has 0 aliphatic carbocycles. The topological polar surface area (TPSA) is 55.8 Å². The van der Waals surface area contributed by atoms with Crippen LogP contribution in [0, 0.1) is 0 Å². The largest absolute Gasteiger partial charge is 0.493 e. The van der Waals surface area contributed by atoms with Gasteiger partial charge in [0.25, 0.3) is 0 Å². The fourth-order valence-electron chi connectivity index (χ4n) is 1.54. The van der Waals surface area contributed by atoms with Crippen LogP contribution in [0.3, 0.4) is 0 Å². The minimum Gasteiger partial charge on any atom is -0.493 e. The summed E-state index contributed by atoms with van der Waals surface area (Å²) in [6, 6.07) is 5.23. The Labute approximate surface area is 87.4 Å². The molecule has 0 amide bonds. The van der Waals surface area contributed by atoms with Crippen molar-refractivity contribution < 1.29 is 19.4 Å². The van der Waals surface area contributed by atoms with E-state index in [0.717, 1.165) is 17.7 Å². The Morgan fingerprint density at radius 3 is 3.20 bits per heavy atom. The number of esters is 1. The number of benzene rings is 1. The highest BCUT2D eigenvalue weighted by Gasteiger charge is 2.15. The fourth-order valence-corrected chi connectivity index (χ4v) is 1.54. The monoisotopic (exact) mass is 208 g/mol. The molecule has 1 aliphatic heterocycles. The summed E-state index contributed by atoms with van der Waals surface area (Å²) in [5.41, 5.74) is 1.54. The van der Waals surface area contributed by atoms with Crippen LogP contribution in [0.1, 0.15) is 15.9 Å². The summed E-state index contributed by atoms with van der Waals surface area (Å²) in [5.74, 6) is 0.437. The number of fused-ring (bicyclic) bond motifs is 1. The van der Waals surface area contributed by atoms with Gasteiger partial charge < -0.3 is 14.6 Å². The Morgan fingerprint density at radius 2 is 2.40 bits per heavy atom. The first-order valence-corrected chi connectivity index (χ1v) is 4.85. The summed E-state index contributed by atoms with van der Waals surface area (Å²) in [7, 11) is 0. The van der Waals surface area contributed by atoms with Crippen molar-refractivity contribution in [1.29, 1.82) is 0 Å². The van der Waals surface area contributed by atoms with Crippen molar-refractivity contribution in [2.24, 2.45) is 0 Å². The Hall–Kier alpha value is -1.55. The smallest absolute Gasteiger partial charge is 0.338 e. The number of carbonyl (C=O) groups is 1. The van der Waals surface area contributed by atoms with E-state index in [1.165, 1.54) is 0 Å². The van der Waals surface area contributed by atoms with Crippen LogP contribution in [-0.4, -0.2) is 30.9 Å². The first-order valence-electron chi connectivity index (χ1n) is 4.85. The predicted molar refractivity (Wildman–Crippen MR) is 53.0 cm³/mol. The normalized spacial score (nSPS) is 13.1. The highest BCUT2D eigenvalue weighted by atomic mass is 16.5. The number of carbonyl (C=O) groups excluding carboxylic acids is 1. The lowest BCUT2D eigenvalue weighted by Gasteiger charge is -2.04. The molecule has 2 rings (SSSR count). The van der Waals surface area contributed by atoms with Crippen molar-refractivity contribution in [1.82, 2.24) is 0 Å². The molecule has 1 N–H and O–H groups in total. The highest BCUT2D eigenvalue weighted by molar-refractivity contribution is 5.89. The summed E-state index contributed by atoms with van der Waals surface area (Å²) in [6.45, 7) is 0.552. The third-order valence-corrected chi connectivity index (χ3v) is 2.25. The molecular weight excluding hydrogens is 196 g/mol. The van der Waals surface area contributed by atoms with Gasteiger partial charge in [0.15, 0.2) is 0 Å².